The van der Waals surface area contributed by atoms with Gasteiger partial charge in [0.15, 0.2) is 0 Å². The number of hydrogen-bond acceptors (Lipinski definition) is 2. The van der Waals surface area contributed by atoms with Gasteiger partial charge in [-0.15, -0.1) is 0 Å². The molecule has 2 rings (SSSR count). The van der Waals surface area contributed by atoms with Crippen molar-refractivity contribution in [1.29, 1.82) is 0 Å². The number of rotatable bonds is 2. The normalized spacial score (nSPS) is 10.3. The van der Waals surface area contributed by atoms with E-state index in [1.165, 1.54) is 12.3 Å². The van der Waals surface area contributed by atoms with Gasteiger partial charge in [-0.1, -0.05) is 23.7 Å². The number of carbonyl (C=O) groups excluding carboxylic acids is 1. The molecule has 0 radical (unpaired) electrons. The molecular formula is C13H9ClFNO. The molecule has 0 amide bonds. The first-order chi connectivity index (χ1) is 8.09. The van der Waals surface area contributed by atoms with Crippen LogP contribution in [0.3, 0.4) is 0 Å². The van der Waals surface area contributed by atoms with Crippen LogP contribution in [0.5, 0.6) is 0 Å². The first-order valence-electron chi connectivity index (χ1n) is 5.01. The van der Waals surface area contributed by atoms with E-state index in [1.807, 2.05) is 0 Å². The van der Waals surface area contributed by atoms with Crippen molar-refractivity contribution < 1.29 is 9.18 Å². The minimum absolute atomic E-state index is 0.136. The third kappa shape index (κ3) is 2.34. The standard InChI is InChI=1S/C13H9ClFNO/c1-8-4-5-9(7-11(8)15)13(17)12-10(14)3-2-6-16-12/h2-7H,1H3. The van der Waals surface area contributed by atoms with Gasteiger partial charge in [0.1, 0.15) is 11.5 Å². The van der Waals surface area contributed by atoms with Gasteiger partial charge >= 0.3 is 0 Å². The molecule has 2 nitrogen and oxygen atoms in total. The van der Waals surface area contributed by atoms with Crippen molar-refractivity contribution in [2.45, 2.75) is 6.92 Å². The molecule has 0 N–H and O–H groups in total. The minimum atomic E-state index is -0.414. The first kappa shape index (κ1) is 11.7. The number of aromatic nitrogens is 1. The van der Waals surface area contributed by atoms with Crippen LogP contribution in [-0.2, 0) is 0 Å². The lowest BCUT2D eigenvalue weighted by Gasteiger charge is -2.03. The van der Waals surface area contributed by atoms with Crippen molar-refractivity contribution >= 4 is 17.4 Å². The van der Waals surface area contributed by atoms with Crippen LogP contribution >= 0.6 is 11.6 Å². The summed E-state index contributed by atoms with van der Waals surface area (Å²) in [5.41, 5.74) is 0.875. The summed E-state index contributed by atoms with van der Waals surface area (Å²) < 4.78 is 13.4. The molecule has 86 valence electrons. The summed E-state index contributed by atoms with van der Waals surface area (Å²) in [7, 11) is 0. The summed E-state index contributed by atoms with van der Waals surface area (Å²) in [5.74, 6) is -0.794. The smallest absolute Gasteiger partial charge is 0.212 e. The van der Waals surface area contributed by atoms with E-state index in [0.717, 1.165) is 0 Å². The van der Waals surface area contributed by atoms with E-state index < -0.39 is 5.82 Å². The van der Waals surface area contributed by atoms with Crippen LogP contribution in [0.2, 0.25) is 5.02 Å². The number of benzene rings is 1. The SMILES string of the molecule is Cc1ccc(C(=O)c2ncccc2Cl)cc1F. The van der Waals surface area contributed by atoms with E-state index >= 15 is 0 Å². The van der Waals surface area contributed by atoms with Crippen LogP contribution < -0.4 is 0 Å². The molecule has 0 unspecified atom stereocenters. The van der Waals surface area contributed by atoms with Gasteiger partial charge in [0, 0.05) is 11.8 Å². The Kier molecular flexibility index (Phi) is 3.20. The second-order valence-electron chi connectivity index (χ2n) is 3.63. The molecule has 0 bridgehead atoms. The first-order valence-corrected chi connectivity index (χ1v) is 5.39. The zero-order valence-electron chi connectivity index (χ0n) is 9.08. The molecule has 0 atom stereocenters. The molecule has 0 aliphatic carbocycles. The Morgan fingerprint density at radius 1 is 1.35 bits per heavy atom. The largest absolute Gasteiger partial charge is 0.287 e. The number of nitrogens with zero attached hydrogens (tertiary/aromatic N) is 1. The summed E-state index contributed by atoms with van der Waals surface area (Å²) >= 11 is 5.86. The van der Waals surface area contributed by atoms with Crippen LogP contribution in [-0.4, -0.2) is 10.8 Å². The monoisotopic (exact) mass is 249 g/mol. The summed E-state index contributed by atoms with van der Waals surface area (Å²) in [6.07, 6.45) is 1.48. The lowest BCUT2D eigenvalue weighted by atomic mass is 10.1. The number of halogens is 2. The fourth-order valence-electron chi connectivity index (χ4n) is 1.42. The topological polar surface area (TPSA) is 30.0 Å². The maximum absolute atomic E-state index is 13.4. The summed E-state index contributed by atoms with van der Waals surface area (Å²) in [6.45, 7) is 1.64. The molecule has 0 saturated heterocycles. The van der Waals surface area contributed by atoms with Gasteiger partial charge in [-0.25, -0.2) is 4.39 Å². The van der Waals surface area contributed by atoms with Crippen molar-refractivity contribution in [2.75, 3.05) is 0 Å². The lowest BCUT2D eigenvalue weighted by molar-refractivity contribution is 0.103. The molecular weight excluding hydrogens is 241 g/mol. The second kappa shape index (κ2) is 4.63. The van der Waals surface area contributed by atoms with Gasteiger partial charge in [-0.3, -0.25) is 9.78 Å². The van der Waals surface area contributed by atoms with Crippen molar-refractivity contribution in [3.05, 3.63) is 64.2 Å². The van der Waals surface area contributed by atoms with Crippen molar-refractivity contribution in [3.63, 3.8) is 0 Å². The Morgan fingerprint density at radius 2 is 2.12 bits per heavy atom. The molecule has 0 fully saturated rings. The van der Waals surface area contributed by atoms with Crippen LogP contribution in [0, 0.1) is 12.7 Å². The van der Waals surface area contributed by atoms with Gasteiger partial charge in [0.25, 0.3) is 0 Å². The third-order valence-corrected chi connectivity index (χ3v) is 2.71. The van der Waals surface area contributed by atoms with Crippen LogP contribution in [0.15, 0.2) is 36.5 Å². The van der Waals surface area contributed by atoms with Crippen molar-refractivity contribution in [3.8, 4) is 0 Å². The number of carbonyl (C=O) groups is 1. The molecule has 0 saturated carbocycles. The average molecular weight is 250 g/mol. The summed E-state index contributed by atoms with van der Waals surface area (Å²) in [5, 5.41) is 0.262. The molecule has 0 aliphatic heterocycles. The van der Waals surface area contributed by atoms with Crippen LogP contribution in [0.25, 0.3) is 0 Å². The minimum Gasteiger partial charge on any atom is -0.287 e. The fourth-order valence-corrected chi connectivity index (χ4v) is 1.63. The molecule has 17 heavy (non-hydrogen) atoms. The van der Waals surface area contributed by atoms with Gasteiger partial charge in [-0.05, 0) is 30.7 Å². The molecule has 1 aromatic heterocycles. The van der Waals surface area contributed by atoms with Gasteiger partial charge in [0.2, 0.25) is 5.78 Å². The second-order valence-corrected chi connectivity index (χ2v) is 4.03. The van der Waals surface area contributed by atoms with Crippen LogP contribution in [0.1, 0.15) is 21.6 Å². The Labute approximate surface area is 103 Å². The van der Waals surface area contributed by atoms with Crippen molar-refractivity contribution in [1.82, 2.24) is 4.98 Å². The summed E-state index contributed by atoms with van der Waals surface area (Å²) in [4.78, 5) is 15.9. The van der Waals surface area contributed by atoms with E-state index in [0.29, 0.717) is 5.56 Å². The van der Waals surface area contributed by atoms with E-state index in [9.17, 15) is 9.18 Å². The number of pyridine rings is 1. The third-order valence-electron chi connectivity index (χ3n) is 2.41. The Morgan fingerprint density at radius 3 is 2.76 bits per heavy atom. The lowest BCUT2D eigenvalue weighted by Crippen LogP contribution is -2.05. The molecule has 2 aromatic rings. The zero-order chi connectivity index (χ0) is 12.4. The zero-order valence-corrected chi connectivity index (χ0v) is 9.83. The van der Waals surface area contributed by atoms with E-state index in [2.05, 4.69) is 4.98 Å². The average Bonchev–Trinajstić information content (AvgIpc) is 2.32. The maximum Gasteiger partial charge on any atom is 0.212 e. The highest BCUT2D eigenvalue weighted by molar-refractivity contribution is 6.34. The molecule has 0 spiro atoms. The molecule has 1 aromatic carbocycles. The predicted octanol–water partition coefficient (Wildman–Crippen LogP) is 3.41. The van der Waals surface area contributed by atoms with Crippen LogP contribution in [0.4, 0.5) is 4.39 Å². The van der Waals surface area contributed by atoms with E-state index in [4.69, 9.17) is 11.6 Å². The Hall–Kier alpha value is -1.74. The Balaban J connectivity index is 2.44. The number of ketones is 1. The predicted molar refractivity (Wildman–Crippen MR) is 63.8 cm³/mol. The van der Waals surface area contributed by atoms with E-state index in [1.54, 1.807) is 31.2 Å². The molecule has 4 heteroatoms. The van der Waals surface area contributed by atoms with Gasteiger partial charge in [-0.2, -0.15) is 0 Å². The number of aryl methyl sites for hydroxylation is 1. The molecule has 0 aliphatic rings. The number of hydrogen-bond donors (Lipinski definition) is 0. The summed E-state index contributed by atoms with van der Waals surface area (Å²) in [6, 6.07) is 7.52. The van der Waals surface area contributed by atoms with Crippen molar-refractivity contribution in [2.24, 2.45) is 0 Å². The maximum atomic E-state index is 13.4. The van der Waals surface area contributed by atoms with E-state index in [-0.39, 0.29) is 22.1 Å². The highest BCUT2D eigenvalue weighted by Crippen LogP contribution is 2.18. The highest BCUT2D eigenvalue weighted by Gasteiger charge is 2.14. The van der Waals surface area contributed by atoms with Gasteiger partial charge < -0.3 is 0 Å². The molecule has 1 heterocycles. The quantitative estimate of drug-likeness (QED) is 0.764. The van der Waals surface area contributed by atoms with Gasteiger partial charge in [0.05, 0.1) is 5.02 Å². The fraction of sp³-hybridized carbons (Fsp3) is 0.0769. The highest BCUT2D eigenvalue weighted by atomic mass is 35.5. The Bertz CT molecular complexity index is 583.